The highest BCUT2D eigenvalue weighted by Crippen LogP contribution is 2.32. The fourth-order valence-corrected chi connectivity index (χ4v) is 1.53. The summed E-state index contributed by atoms with van der Waals surface area (Å²) in [5.41, 5.74) is 1.90. The third-order valence-corrected chi connectivity index (χ3v) is 2.42. The van der Waals surface area contributed by atoms with E-state index in [1.807, 2.05) is 27.0 Å². The summed E-state index contributed by atoms with van der Waals surface area (Å²) in [6.45, 7) is 3.93. The van der Waals surface area contributed by atoms with Crippen LogP contribution in [0.5, 0.6) is 5.75 Å². The van der Waals surface area contributed by atoms with E-state index < -0.39 is 0 Å². The SMILES string of the molecule is CN[C@@H](C)c1cc(C)cc(Cl)c1O. The molecule has 0 saturated carbocycles. The van der Waals surface area contributed by atoms with Crippen LogP contribution in [-0.4, -0.2) is 12.2 Å². The minimum absolute atomic E-state index is 0.109. The van der Waals surface area contributed by atoms with Gasteiger partial charge >= 0.3 is 0 Å². The number of hydrogen-bond acceptors (Lipinski definition) is 2. The lowest BCUT2D eigenvalue weighted by Crippen LogP contribution is -2.12. The highest BCUT2D eigenvalue weighted by Gasteiger charge is 2.11. The number of nitrogens with one attached hydrogen (secondary N) is 1. The van der Waals surface area contributed by atoms with E-state index in [0.717, 1.165) is 11.1 Å². The van der Waals surface area contributed by atoms with Crippen LogP contribution in [0.25, 0.3) is 0 Å². The number of phenolic OH excluding ortho intramolecular Hbond substituents is 1. The van der Waals surface area contributed by atoms with Gasteiger partial charge in [-0.25, -0.2) is 0 Å². The molecule has 0 unspecified atom stereocenters. The smallest absolute Gasteiger partial charge is 0.138 e. The monoisotopic (exact) mass is 199 g/mol. The normalized spacial score (nSPS) is 12.9. The molecule has 2 nitrogen and oxygen atoms in total. The first-order valence-electron chi connectivity index (χ1n) is 4.22. The molecule has 1 aromatic rings. The van der Waals surface area contributed by atoms with Crippen LogP contribution < -0.4 is 5.32 Å². The Bertz CT molecular complexity index is 312. The van der Waals surface area contributed by atoms with Crippen LogP contribution in [0.3, 0.4) is 0 Å². The zero-order chi connectivity index (χ0) is 10.0. The van der Waals surface area contributed by atoms with Crippen molar-refractivity contribution in [1.29, 1.82) is 0 Å². The van der Waals surface area contributed by atoms with E-state index >= 15 is 0 Å². The van der Waals surface area contributed by atoms with Crippen LogP contribution in [0.1, 0.15) is 24.1 Å². The molecule has 13 heavy (non-hydrogen) atoms. The molecule has 0 bridgehead atoms. The van der Waals surface area contributed by atoms with Crippen molar-refractivity contribution in [2.75, 3.05) is 7.05 Å². The van der Waals surface area contributed by atoms with Crippen LogP contribution in [0.15, 0.2) is 12.1 Å². The van der Waals surface area contributed by atoms with Crippen molar-refractivity contribution < 1.29 is 5.11 Å². The van der Waals surface area contributed by atoms with Gasteiger partial charge in [-0.05, 0) is 32.5 Å². The molecule has 2 N–H and O–H groups in total. The number of benzene rings is 1. The van der Waals surface area contributed by atoms with Crippen molar-refractivity contribution in [2.24, 2.45) is 0 Å². The highest BCUT2D eigenvalue weighted by atomic mass is 35.5. The number of halogens is 1. The van der Waals surface area contributed by atoms with Gasteiger partial charge in [0, 0.05) is 11.6 Å². The predicted molar refractivity (Wildman–Crippen MR) is 55.3 cm³/mol. The molecular formula is C10H14ClNO. The topological polar surface area (TPSA) is 32.3 Å². The van der Waals surface area contributed by atoms with Crippen molar-refractivity contribution in [3.8, 4) is 5.75 Å². The van der Waals surface area contributed by atoms with E-state index in [2.05, 4.69) is 5.32 Å². The van der Waals surface area contributed by atoms with Crippen molar-refractivity contribution in [1.82, 2.24) is 5.32 Å². The Hall–Kier alpha value is -0.730. The number of rotatable bonds is 2. The Morgan fingerprint density at radius 1 is 1.46 bits per heavy atom. The van der Waals surface area contributed by atoms with Crippen molar-refractivity contribution in [2.45, 2.75) is 19.9 Å². The molecule has 0 saturated heterocycles. The Balaban J connectivity index is 3.20. The van der Waals surface area contributed by atoms with E-state index in [-0.39, 0.29) is 11.8 Å². The maximum absolute atomic E-state index is 9.65. The zero-order valence-electron chi connectivity index (χ0n) is 8.06. The lowest BCUT2D eigenvalue weighted by Gasteiger charge is -2.14. The van der Waals surface area contributed by atoms with Gasteiger partial charge in [-0.15, -0.1) is 0 Å². The number of hydrogen-bond donors (Lipinski definition) is 2. The predicted octanol–water partition coefficient (Wildman–Crippen LogP) is 2.63. The second-order valence-electron chi connectivity index (χ2n) is 3.19. The molecule has 3 heteroatoms. The molecule has 0 heterocycles. The summed E-state index contributed by atoms with van der Waals surface area (Å²) in [5.74, 6) is 0.175. The average Bonchev–Trinajstić information content (AvgIpc) is 2.10. The van der Waals surface area contributed by atoms with Crippen LogP contribution >= 0.6 is 11.6 Å². The Labute approximate surface area is 83.5 Å². The Morgan fingerprint density at radius 2 is 2.08 bits per heavy atom. The number of aromatic hydroxyl groups is 1. The molecule has 0 aliphatic rings. The first kappa shape index (κ1) is 10.4. The summed E-state index contributed by atoms with van der Waals surface area (Å²) >= 11 is 5.84. The molecule has 0 radical (unpaired) electrons. The second-order valence-corrected chi connectivity index (χ2v) is 3.60. The second kappa shape index (κ2) is 3.99. The van der Waals surface area contributed by atoms with Gasteiger partial charge in [0.2, 0.25) is 0 Å². The van der Waals surface area contributed by atoms with Gasteiger partial charge in [-0.3, -0.25) is 0 Å². The maximum Gasteiger partial charge on any atom is 0.138 e. The van der Waals surface area contributed by atoms with E-state index in [1.165, 1.54) is 0 Å². The van der Waals surface area contributed by atoms with E-state index in [9.17, 15) is 5.11 Å². The molecule has 1 aromatic carbocycles. The average molecular weight is 200 g/mol. The third kappa shape index (κ3) is 2.14. The summed E-state index contributed by atoms with van der Waals surface area (Å²) in [6.07, 6.45) is 0. The lowest BCUT2D eigenvalue weighted by molar-refractivity contribution is 0.458. The van der Waals surface area contributed by atoms with E-state index in [4.69, 9.17) is 11.6 Å². The molecule has 0 aliphatic carbocycles. The molecule has 1 atom stereocenters. The van der Waals surface area contributed by atoms with Gasteiger partial charge in [0.05, 0.1) is 5.02 Å². The zero-order valence-corrected chi connectivity index (χ0v) is 8.81. The summed E-state index contributed by atoms with van der Waals surface area (Å²) < 4.78 is 0. The maximum atomic E-state index is 9.65. The summed E-state index contributed by atoms with van der Waals surface area (Å²) in [5, 5.41) is 13.1. The molecule has 0 amide bonds. The molecule has 0 fully saturated rings. The van der Waals surface area contributed by atoms with Gasteiger partial charge in [-0.2, -0.15) is 0 Å². The van der Waals surface area contributed by atoms with Crippen LogP contribution in [0.2, 0.25) is 5.02 Å². The molecule has 1 rings (SSSR count). The van der Waals surface area contributed by atoms with Gasteiger partial charge in [0.1, 0.15) is 5.75 Å². The molecular weight excluding hydrogens is 186 g/mol. The van der Waals surface area contributed by atoms with Crippen LogP contribution in [0.4, 0.5) is 0 Å². The van der Waals surface area contributed by atoms with Gasteiger partial charge in [0.15, 0.2) is 0 Å². The van der Waals surface area contributed by atoms with Crippen LogP contribution in [-0.2, 0) is 0 Å². The largest absolute Gasteiger partial charge is 0.506 e. The molecule has 0 aromatic heterocycles. The lowest BCUT2D eigenvalue weighted by atomic mass is 10.0. The quantitative estimate of drug-likeness (QED) is 0.768. The first-order valence-corrected chi connectivity index (χ1v) is 4.60. The van der Waals surface area contributed by atoms with Gasteiger partial charge in [0.25, 0.3) is 0 Å². The van der Waals surface area contributed by atoms with Gasteiger partial charge < -0.3 is 10.4 Å². The fourth-order valence-electron chi connectivity index (χ4n) is 1.25. The minimum atomic E-state index is 0.109. The molecule has 0 aliphatic heterocycles. The standard InChI is InChI=1S/C10H14ClNO/c1-6-4-8(7(2)12-3)10(13)9(11)5-6/h4-5,7,12-13H,1-3H3/t7-/m0/s1. The Kier molecular flexibility index (Phi) is 3.17. The van der Waals surface area contributed by atoms with E-state index in [1.54, 1.807) is 6.07 Å². The summed E-state index contributed by atoms with van der Waals surface area (Å²) in [7, 11) is 1.85. The van der Waals surface area contributed by atoms with Crippen molar-refractivity contribution >= 4 is 11.6 Å². The van der Waals surface area contributed by atoms with Crippen molar-refractivity contribution in [3.63, 3.8) is 0 Å². The van der Waals surface area contributed by atoms with Gasteiger partial charge in [-0.1, -0.05) is 17.7 Å². The highest BCUT2D eigenvalue weighted by molar-refractivity contribution is 6.32. The molecule has 72 valence electrons. The molecule has 0 spiro atoms. The fraction of sp³-hybridized carbons (Fsp3) is 0.400. The first-order chi connectivity index (χ1) is 6.06. The number of aryl methyl sites for hydroxylation is 1. The number of phenols is 1. The van der Waals surface area contributed by atoms with Crippen molar-refractivity contribution in [3.05, 3.63) is 28.3 Å². The van der Waals surface area contributed by atoms with E-state index in [0.29, 0.717) is 5.02 Å². The third-order valence-electron chi connectivity index (χ3n) is 2.14. The Morgan fingerprint density at radius 3 is 2.62 bits per heavy atom. The van der Waals surface area contributed by atoms with Crippen LogP contribution in [0, 0.1) is 6.92 Å². The summed E-state index contributed by atoms with van der Waals surface area (Å²) in [4.78, 5) is 0. The summed E-state index contributed by atoms with van der Waals surface area (Å²) in [6, 6.07) is 3.79. The minimum Gasteiger partial charge on any atom is -0.506 e.